The molecule has 0 aromatic rings. The zero-order valence-corrected chi connectivity index (χ0v) is 52.3. The number of unbranched alkanes of at least 4 members (excludes halogenated alkanes) is 29. The SMILES string of the molecule is CC/C=C\C/C=C\C/C=C\C/C=C\C/C=C\CCCCCCCC(=O)OC(COC(=O)CCCCC/C=C\C/C=C\C/C=C\C/C=C\C/C=C\CC)COC(=O)CCCCCCCCCCCCCCCCCCCCCCCC. The summed E-state index contributed by atoms with van der Waals surface area (Å²) in [4.78, 5) is 38.4. The highest BCUT2D eigenvalue weighted by Gasteiger charge is 2.19. The van der Waals surface area contributed by atoms with Crippen LogP contribution in [-0.4, -0.2) is 37.2 Å². The first-order valence-corrected chi connectivity index (χ1v) is 33.5. The van der Waals surface area contributed by atoms with Gasteiger partial charge >= 0.3 is 17.9 Å². The molecular formula is C74H124O6. The second-order valence-corrected chi connectivity index (χ2v) is 22.0. The van der Waals surface area contributed by atoms with Gasteiger partial charge in [-0.1, -0.05) is 303 Å². The van der Waals surface area contributed by atoms with Gasteiger partial charge in [-0.25, -0.2) is 0 Å². The van der Waals surface area contributed by atoms with E-state index in [0.717, 1.165) is 148 Å². The van der Waals surface area contributed by atoms with Gasteiger partial charge in [-0.15, -0.1) is 0 Å². The highest BCUT2D eigenvalue weighted by Crippen LogP contribution is 2.17. The largest absolute Gasteiger partial charge is 0.462 e. The molecule has 0 spiro atoms. The standard InChI is InChI=1S/C74H124O6/c1-4-7-10-13-16-19-22-25-28-31-34-36-38-40-43-46-49-52-55-58-61-64-67-73(76)79-70-71(69-78-72(75)66-63-60-57-54-51-48-45-42-39-33-30-27-24-21-18-15-12-9-6-3)80-74(77)68-65-62-59-56-53-50-47-44-41-37-35-32-29-26-23-20-17-14-11-8-5-2/h8-9,11-12,17-18,20-21,26-27,29-30,35,37,39,42,44,47-48,51,71H,4-7,10,13-16,19,22-25,28,31-34,36,38,40-41,43,45-46,49-50,52-70H2,1-3H3/b11-8-,12-9-,20-17-,21-18-,29-26-,30-27-,37-35-,42-39-,47-44-,51-48-. The smallest absolute Gasteiger partial charge is 0.306 e. The van der Waals surface area contributed by atoms with E-state index in [1.807, 2.05) is 0 Å². The fourth-order valence-corrected chi connectivity index (χ4v) is 9.26. The number of ether oxygens (including phenoxy) is 3. The van der Waals surface area contributed by atoms with E-state index in [1.54, 1.807) is 0 Å². The fraction of sp³-hybridized carbons (Fsp3) is 0.689. The van der Waals surface area contributed by atoms with Crippen LogP contribution in [0.15, 0.2) is 122 Å². The van der Waals surface area contributed by atoms with Crippen molar-refractivity contribution in [3.8, 4) is 0 Å². The minimum absolute atomic E-state index is 0.0970. The summed E-state index contributed by atoms with van der Waals surface area (Å²) in [6.07, 6.45) is 93.5. The van der Waals surface area contributed by atoms with Crippen molar-refractivity contribution in [1.29, 1.82) is 0 Å². The molecule has 0 aromatic carbocycles. The summed E-state index contributed by atoms with van der Waals surface area (Å²) >= 11 is 0. The maximum absolute atomic E-state index is 12.9. The first-order valence-electron chi connectivity index (χ1n) is 33.5. The Morgan fingerprint density at radius 2 is 0.487 bits per heavy atom. The number of esters is 3. The van der Waals surface area contributed by atoms with E-state index in [9.17, 15) is 14.4 Å². The molecule has 1 unspecified atom stereocenters. The molecule has 0 N–H and O–H groups in total. The minimum Gasteiger partial charge on any atom is -0.462 e. The number of hydrogen-bond donors (Lipinski definition) is 0. The van der Waals surface area contributed by atoms with Crippen LogP contribution in [0.3, 0.4) is 0 Å². The van der Waals surface area contributed by atoms with Crippen LogP contribution in [-0.2, 0) is 28.6 Å². The van der Waals surface area contributed by atoms with Crippen LogP contribution in [0.5, 0.6) is 0 Å². The molecule has 0 radical (unpaired) electrons. The van der Waals surface area contributed by atoms with Crippen LogP contribution in [0.1, 0.15) is 310 Å². The van der Waals surface area contributed by atoms with Crippen molar-refractivity contribution in [2.24, 2.45) is 0 Å². The Hall–Kier alpha value is -4.19. The van der Waals surface area contributed by atoms with E-state index in [0.29, 0.717) is 19.3 Å². The molecule has 0 aliphatic carbocycles. The molecular weight excluding hydrogens is 985 g/mol. The summed E-state index contributed by atoms with van der Waals surface area (Å²) in [6.45, 7) is 6.40. The van der Waals surface area contributed by atoms with E-state index in [1.165, 1.54) is 122 Å². The Balaban J connectivity index is 4.46. The Labute approximate surface area is 494 Å². The third kappa shape index (κ3) is 64.6. The van der Waals surface area contributed by atoms with E-state index in [-0.39, 0.29) is 31.1 Å². The monoisotopic (exact) mass is 1110 g/mol. The molecule has 6 heteroatoms. The highest BCUT2D eigenvalue weighted by atomic mass is 16.6. The number of rotatable bonds is 60. The van der Waals surface area contributed by atoms with Crippen molar-refractivity contribution in [2.45, 2.75) is 316 Å². The Morgan fingerprint density at radius 3 is 0.775 bits per heavy atom. The maximum atomic E-state index is 12.9. The maximum Gasteiger partial charge on any atom is 0.306 e. The molecule has 80 heavy (non-hydrogen) atoms. The van der Waals surface area contributed by atoms with Crippen LogP contribution in [0.4, 0.5) is 0 Å². The Bertz CT molecular complexity index is 1650. The quantitative estimate of drug-likeness (QED) is 0.0261. The molecule has 0 heterocycles. The van der Waals surface area contributed by atoms with Gasteiger partial charge in [-0.2, -0.15) is 0 Å². The number of hydrogen-bond acceptors (Lipinski definition) is 6. The van der Waals surface area contributed by atoms with Gasteiger partial charge in [0.1, 0.15) is 13.2 Å². The molecule has 0 saturated carbocycles. The molecule has 1 atom stereocenters. The predicted octanol–water partition coefficient (Wildman–Crippen LogP) is 23.2. The van der Waals surface area contributed by atoms with Crippen LogP contribution in [0.25, 0.3) is 0 Å². The third-order valence-electron chi connectivity index (χ3n) is 14.2. The molecule has 0 bridgehead atoms. The molecule has 0 aromatic heterocycles. The second kappa shape index (κ2) is 67.3. The van der Waals surface area contributed by atoms with E-state index in [4.69, 9.17) is 14.2 Å². The van der Waals surface area contributed by atoms with Crippen LogP contribution in [0.2, 0.25) is 0 Å². The lowest BCUT2D eigenvalue weighted by Gasteiger charge is -2.18. The van der Waals surface area contributed by atoms with E-state index in [2.05, 4.69) is 142 Å². The summed E-state index contributed by atoms with van der Waals surface area (Å²) < 4.78 is 16.9. The minimum atomic E-state index is -0.807. The molecule has 0 aliphatic rings. The molecule has 0 saturated heterocycles. The lowest BCUT2D eigenvalue weighted by Crippen LogP contribution is -2.30. The van der Waals surface area contributed by atoms with Gasteiger partial charge in [0.15, 0.2) is 6.10 Å². The van der Waals surface area contributed by atoms with Crippen molar-refractivity contribution in [2.75, 3.05) is 13.2 Å². The van der Waals surface area contributed by atoms with Gasteiger partial charge in [0.25, 0.3) is 0 Å². The molecule has 0 aliphatic heterocycles. The van der Waals surface area contributed by atoms with Crippen LogP contribution >= 0.6 is 0 Å². The van der Waals surface area contributed by atoms with Gasteiger partial charge in [0.05, 0.1) is 0 Å². The van der Waals surface area contributed by atoms with Gasteiger partial charge in [0.2, 0.25) is 0 Å². The van der Waals surface area contributed by atoms with Crippen molar-refractivity contribution in [3.63, 3.8) is 0 Å². The van der Waals surface area contributed by atoms with Gasteiger partial charge in [-0.3, -0.25) is 14.4 Å². The lowest BCUT2D eigenvalue weighted by atomic mass is 10.0. The number of carbonyl (C=O) groups is 3. The summed E-state index contributed by atoms with van der Waals surface area (Å²) in [5, 5.41) is 0. The molecule has 0 fully saturated rings. The zero-order chi connectivity index (χ0) is 57.8. The van der Waals surface area contributed by atoms with Gasteiger partial charge in [-0.05, 0) is 109 Å². The van der Waals surface area contributed by atoms with Crippen LogP contribution < -0.4 is 0 Å². The topological polar surface area (TPSA) is 78.9 Å². The summed E-state index contributed by atoms with van der Waals surface area (Å²) in [7, 11) is 0. The normalized spacial score (nSPS) is 12.9. The molecule has 456 valence electrons. The van der Waals surface area contributed by atoms with E-state index < -0.39 is 6.10 Å². The summed E-state index contributed by atoms with van der Waals surface area (Å²) in [5.41, 5.74) is 0. The number of allylic oxidation sites excluding steroid dienone is 20. The molecule has 0 amide bonds. The van der Waals surface area contributed by atoms with Crippen molar-refractivity contribution >= 4 is 17.9 Å². The second-order valence-electron chi connectivity index (χ2n) is 22.0. The van der Waals surface area contributed by atoms with Crippen LogP contribution in [0, 0.1) is 0 Å². The van der Waals surface area contributed by atoms with Gasteiger partial charge in [0, 0.05) is 19.3 Å². The Kier molecular flexibility index (Phi) is 63.8. The van der Waals surface area contributed by atoms with Crippen molar-refractivity contribution < 1.29 is 28.6 Å². The average Bonchev–Trinajstić information content (AvgIpc) is 3.46. The molecule has 0 rings (SSSR count). The number of carbonyl (C=O) groups excluding carboxylic acids is 3. The lowest BCUT2D eigenvalue weighted by molar-refractivity contribution is -0.167. The highest BCUT2D eigenvalue weighted by molar-refractivity contribution is 5.71. The third-order valence-corrected chi connectivity index (χ3v) is 14.2. The summed E-state index contributed by atoms with van der Waals surface area (Å²) in [6, 6.07) is 0. The first-order chi connectivity index (χ1) is 39.5. The summed E-state index contributed by atoms with van der Waals surface area (Å²) in [5.74, 6) is -0.940. The van der Waals surface area contributed by atoms with Crippen molar-refractivity contribution in [1.82, 2.24) is 0 Å². The van der Waals surface area contributed by atoms with E-state index >= 15 is 0 Å². The molecule has 6 nitrogen and oxygen atoms in total. The average molecular weight is 1110 g/mol. The fourth-order valence-electron chi connectivity index (χ4n) is 9.26. The van der Waals surface area contributed by atoms with Gasteiger partial charge < -0.3 is 14.2 Å². The Morgan fingerprint density at radius 1 is 0.263 bits per heavy atom. The predicted molar refractivity (Wildman–Crippen MR) is 348 cm³/mol. The zero-order valence-electron chi connectivity index (χ0n) is 52.3. The van der Waals surface area contributed by atoms with Crippen molar-refractivity contribution in [3.05, 3.63) is 122 Å². The first kappa shape index (κ1) is 75.8.